The molecule has 76 valence electrons. The van der Waals surface area contributed by atoms with E-state index < -0.39 is 6.16 Å². The van der Waals surface area contributed by atoms with Crippen LogP contribution >= 0.6 is 18.0 Å². The van der Waals surface area contributed by atoms with Crippen LogP contribution in [-0.2, 0) is 14.0 Å². The standard InChI is InChI=1S/C5H11NO5P2/c7-1-2-9-3-4-10-5(8)11-13-6-12/h7H,1-4,12H2. The molecule has 0 aliphatic carbocycles. The summed E-state index contributed by atoms with van der Waals surface area (Å²) in [6.45, 7) is 0.530. The summed E-state index contributed by atoms with van der Waals surface area (Å²) in [4.78, 5) is 10.6. The van der Waals surface area contributed by atoms with E-state index in [0.29, 0.717) is 0 Å². The van der Waals surface area contributed by atoms with Crippen molar-refractivity contribution in [2.45, 2.75) is 0 Å². The second kappa shape index (κ2) is 9.81. The van der Waals surface area contributed by atoms with Crippen LogP contribution in [0.15, 0.2) is 4.52 Å². The Morgan fingerprint density at radius 1 is 1.46 bits per heavy atom. The molecule has 1 unspecified atom stereocenters. The van der Waals surface area contributed by atoms with Gasteiger partial charge in [-0.2, -0.15) is 0 Å². The highest BCUT2D eigenvalue weighted by Gasteiger charge is 2.01. The van der Waals surface area contributed by atoms with E-state index in [-0.39, 0.29) is 35.0 Å². The van der Waals surface area contributed by atoms with Gasteiger partial charge in [0.1, 0.15) is 6.61 Å². The maximum Gasteiger partial charge on any atom is 0.518 e. The molecule has 0 saturated heterocycles. The molecular formula is C5H11NO5P2. The summed E-state index contributed by atoms with van der Waals surface area (Å²) in [6.07, 6.45) is -0.791. The molecule has 0 bridgehead atoms. The van der Waals surface area contributed by atoms with E-state index in [1.54, 1.807) is 0 Å². The number of nitrogens with zero attached hydrogens (tertiary/aromatic N) is 1. The van der Waals surface area contributed by atoms with Crippen molar-refractivity contribution in [1.82, 2.24) is 0 Å². The first kappa shape index (κ1) is 12.7. The van der Waals surface area contributed by atoms with Gasteiger partial charge < -0.3 is 19.1 Å². The van der Waals surface area contributed by atoms with Gasteiger partial charge in [-0.25, -0.2) is 9.31 Å². The average molecular weight is 227 g/mol. The van der Waals surface area contributed by atoms with Crippen molar-refractivity contribution in [3.63, 3.8) is 0 Å². The molecule has 1 atom stereocenters. The zero-order chi connectivity index (χ0) is 9.94. The van der Waals surface area contributed by atoms with Crippen molar-refractivity contribution in [1.29, 1.82) is 0 Å². The monoisotopic (exact) mass is 227 g/mol. The van der Waals surface area contributed by atoms with Crippen molar-refractivity contribution >= 4 is 24.1 Å². The van der Waals surface area contributed by atoms with E-state index >= 15 is 0 Å². The molecule has 0 heterocycles. The lowest BCUT2D eigenvalue weighted by molar-refractivity contribution is 0.0415. The highest BCUT2D eigenvalue weighted by atomic mass is 31.1. The van der Waals surface area contributed by atoms with Crippen molar-refractivity contribution < 1.29 is 23.9 Å². The Kier molecular flexibility index (Phi) is 9.59. The van der Waals surface area contributed by atoms with Crippen molar-refractivity contribution in [3.8, 4) is 0 Å². The number of hydrogen-bond acceptors (Lipinski definition) is 6. The Bertz CT molecular complexity index is 165. The number of aliphatic hydroxyl groups is 1. The summed E-state index contributed by atoms with van der Waals surface area (Å²) in [5.74, 6) is 0. The van der Waals surface area contributed by atoms with E-state index in [1.807, 2.05) is 9.39 Å². The third-order valence-corrected chi connectivity index (χ3v) is 1.45. The maximum absolute atomic E-state index is 10.6. The van der Waals surface area contributed by atoms with Crippen LogP contribution in [0.4, 0.5) is 4.79 Å². The van der Waals surface area contributed by atoms with Crippen molar-refractivity contribution in [3.05, 3.63) is 0 Å². The van der Waals surface area contributed by atoms with Gasteiger partial charge in [0.15, 0.2) is 0 Å². The predicted molar refractivity (Wildman–Crippen MR) is 49.4 cm³/mol. The highest BCUT2D eigenvalue weighted by Crippen LogP contribution is 2.06. The molecule has 0 aliphatic rings. The van der Waals surface area contributed by atoms with E-state index in [4.69, 9.17) is 9.84 Å². The first-order valence-electron chi connectivity index (χ1n) is 3.44. The molecular weight excluding hydrogens is 216 g/mol. The molecule has 13 heavy (non-hydrogen) atoms. The van der Waals surface area contributed by atoms with Gasteiger partial charge in [0.25, 0.3) is 8.60 Å². The third-order valence-electron chi connectivity index (χ3n) is 0.846. The second-order valence-electron chi connectivity index (χ2n) is 1.72. The second-order valence-corrected chi connectivity index (χ2v) is 2.99. The van der Waals surface area contributed by atoms with Gasteiger partial charge in [0, 0.05) is 0 Å². The Hall–Kier alpha value is -0.280. The Balaban J connectivity index is 3.17. The van der Waals surface area contributed by atoms with Gasteiger partial charge in [-0.15, -0.1) is 0 Å². The Morgan fingerprint density at radius 3 is 2.85 bits per heavy atom. The first-order chi connectivity index (χ1) is 6.31. The van der Waals surface area contributed by atoms with Crippen LogP contribution in [0, 0.1) is 0 Å². The fourth-order valence-electron chi connectivity index (χ4n) is 0.434. The van der Waals surface area contributed by atoms with Gasteiger partial charge in [-0.3, -0.25) is 0 Å². The van der Waals surface area contributed by atoms with Crippen LogP contribution in [0.1, 0.15) is 0 Å². The van der Waals surface area contributed by atoms with Crippen molar-refractivity contribution in [2.24, 2.45) is 4.52 Å². The van der Waals surface area contributed by atoms with Crippen LogP contribution in [-0.4, -0.2) is 37.7 Å². The van der Waals surface area contributed by atoms with Gasteiger partial charge >= 0.3 is 6.16 Å². The first-order valence-corrected chi connectivity index (χ1v) is 4.72. The molecule has 0 aliphatic heterocycles. The molecule has 6 nitrogen and oxygen atoms in total. The Labute approximate surface area is 79.8 Å². The van der Waals surface area contributed by atoms with Gasteiger partial charge in [0.05, 0.1) is 19.8 Å². The number of ether oxygens (including phenoxy) is 2. The van der Waals surface area contributed by atoms with Crippen molar-refractivity contribution in [2.75, 3.05) is 26.4 Å². The minimum Gasteiger partial charge on any atom is -0.431 e. The predicted octanol–water partition coefficient (Wildman–Crippen LogP) is 0.983. The molecule has 0 radical (unpaired) electrons. The van der Waals surface area contributed by atoms with Crippen LogP contribution in [0.25, 0.3) is 0 Å². The maximum atomic E-state index is 10.6. The fraction of sp³-hybridized carbons (Fsp3) is 0.800. The molecule has 0 aromatic rings. The van der Waals surface area contributed by atoms with E-state index in [0.717, 1.165) is 0 Å². The number of carbonyl (C=O) groups is 1. The summed E-state index contributed by atoms with van der Waals surface area (Å²) >= 11 is 0. The van der Waals surface area contributed by atoms with Crippen LogP contribution in [0.5, 0.6) is 0 Å². The third kappa shape index (κ3) is 9.64. The minimum absolute atomic E-state index is 0.0466. The smallest absolute Gasteiger partial charge is 0.431 e. The Morgan fingerprint density at radius 2 is 2.23 bits per heavy atom. The lowest BCUT2D eigenvalue weighted by atomic mass is 10.7. The van der Waals surface area contributed by atoms with Gasteiger partial charge in [-0.1, -0.05) is 0 Å². The summed E-state index contributed by atoms with van der Waals surface area (Å²) in [5, 5.41) is 8.32. The molecule has 0 fully saturated rings. The molecule has 8 heteroatoms. The lowest BCUT2D eigenvalue weighted by Crippen LogP contribution is -2.10. The highest BCUT2D eigenvalue weighted by molar-refractivity contribution is 7.31. The molecule has 0 amide bonds. The molecule has 0 spiro atoms. The number of carbonyl (C=O) groups excluding carboxylic acids is 1. The topological polar surface area (TPSA) is 77.4 Å². The largest absolute Gasteiger partial charge is 0.518 e. The van der Waals surface area contributed by atoms with Gasteiger partial charge in [0.2, 0.25) is 0 Å². The van der Waals surface area contributed by atoms with E-state index in [9.17, 15) is 4.79 Å². The van der Waals surface area contributed by atoms with Crippen LogP contribution in [0.2, 0.25) is 0 Å². The number of hydrogen-bond donors (Lipinski definition) is 1. The SMILES string of the molecule is O=C(OCCOCCO)OP=NP. The number of aliphatic hydroxyl groups excluding tert-OH is 1. The molecule has 0 aromatic heterocycles. The fourth-order valence-corrected chi connectivity index (χ4v) is 0.742. The molecule has 1 N–H and O–H groups in total. The van der Waals surface area contributed by atoms with Gasteiger partial charge in [-0.05, 0) is 9.39 Å². The summed E-state index contributed by atoms with van der Waals surface area (Å²) in [5.41, 5.74) is 0. The summed E-state index contributed by atoms with van der Waals surface area (Å²) in [7, 11) is 2.22. The van der Waals surface area contributed by atoms with E-state index in [2.05, 4.69) is 13.8 Å². The van der Waals surface area contributed by atoms with Crippen LogP contribution < -0.4 is 0 Å². The zero-order valence-corrected chi connectivity index (χ0v) is 8.93. The normalized spacial score (nSPS) is 10.3. The summed E-state index contributed by atoms with van der Waals surface area (Å²) < 4.78 is 17.2. The molecule has 0 saturated carbocycles. The summed E-state index contributed by atoms with van der Waals surface area (Å²) in [6, 6.07) is 0. The number of rotatable bonds is 6. The molecule has 0 rings (SSSR count). The average Bonchev–Trinajstić information content (AvgIpc) is 2.14. The minimum atomic E-state index is -0.791. The van der Waals surface area contributed by atoms with Crippen LogP contribution in [0.3, 0.4) is 0 Å². The lowest BCUT2D eigenvalue weighted by Gasteiger charge is -2.02. The zero-order valence-electron chi connectivity index (χ0n) is 6.88. The van der Waals surface area contributed by atoms with E-state index in [1.165, 1.54) is 0 Å². The molecule has 0 aromatic carbocycles. The quantitative estimate of drug-likeness (QED) is 0.415.